The fourth-order valence-corrected chi connectivity index (χ4v) is 6.32. The number of anilines is 1. The Bertz CT molecular complexity index is 1650. The highest BCUT2D eigenvalue weighted by atomic mass is 35.5. The maximum Gasteiger partial charge on any atom is 0.273 e. The van der Waals surface area contributed by atoms with Gasteiger partial charge in [0.05, 0.1) is 22.6 Å². The number of hydrogen-bond donors (Lipinski definition) is 1. The fraction of sp³-hybridized carbons (Fsp3) is 0.355. The number of halogens is 1. The molecular formula is C31H37ClN4O7S. The van der Waals surface area contributed by atoms with E-state index in [1.54, 1.807) is 20.8 Å². The molecule has 44 heavy (non-hydrogen) atoms. The predicted octanol–water partition coefficient (Wildman–Crippen LogP) is 5.40. The number of methoxy groups -OCH3 is 1. The molecule has 236 valence electrons. The van der Waals surface area contributed by atoms with Crippen LogP contribution >= 0.6 is 11.6 Å². The van der Waals surface area contributed by atoms with Gasteiger partial charge in [0, 0.05) is 29.2 Å². The molecule has 0 fully saturated rings. The first-order chi connectivity index (χ1) is 20.7. The van der Waals surface area contributed by atoms with Crippen LogP contribution in [0, 0.1) is 24.0 Å². The van der Waals surface area contributed by atoms with Gasteiger partial charge < -0.3 is 15.0 Å². The molecule has 2 amide bonds. The number of nitro groups is 1. The number of hydrogen-bond acceptors (Lipinski definition) is 7. The van der Waals surface area contributed by atoms with Gasteiger partial charge in [0.2, 0.25) is 11.8 Å². The lowest BCUT2D eigenvalue weighted by atomic mass is 10.1. The number of benzene rings is 3. The zero-order valence-electron chi connectivity index (χ0n) is 25.5. The third kappa shape index (κ3) is 7.86. The first-order valence-electron chi connectivity index (χ1n) is 14.0. The smallest absolute Gasteiger partial charge is 0.273 e. The molecule has 0 aliphatic rings. The van der Waals surface area contributed by atoms with Crippen molar-refractivity contribution in [3.05, 3.63) is 92.5 Å². The van der Waals surface area contributed by atoms with Crippen molar-refractivity contribution in [2.75, 3.05) is 18.0 Å². The van der Waals surface area contributed by atoms with Crippen molar-refractivity contribution < 1.29 is 27.7 Å². The number of carbonyl (C=O) groups excluding carboxylic acids is 2. The summed E-state index contributed by atoms with van der Waals surface area (Å²) in [7, 11) is -3.28. The maximum atomic E-state index is 14.3. The SMILES string of the molecule is CC[C@H](C(=O)NC(C)C)N(Cc1ccccc1C)C(=O)CN(c1cc(Cl)ccc1OC)S(=O)(=O)c1ccc(C)c([N+](=O)[O-])c1. The first-order valence-corrected chi connectivity index (χ1v) is 15.8. The highest BCUT2D eigenvalue weighted by molar-refractivity contribution is 7.92. The third-order valence-corrected chi connectivity index (χ3v) is 9.06. The highest BCUT2D eigenvalue weighted by Crippen LogP contribution is 2.36. The Kier molecular flexibility index (Phi) is 11.3. The molecule has 11 nitrogen and oxygen atoms in total. The van der Waals surface area contributed by atoms with E-state index < -0.39 is 44.0 Å². The molecule has 3 aromatic rings. The van der Waals surface area contributed by atoms with E-state index in [1.165, 1.54) is 49.3 Å². The lowest BCUT2D eigenvalue weighted by molar-refractivity contribution is -0.385. The third-order valence-electron chi connectivity index (χ3n) is 7.07. The molecule has 0 heterocycles. The van der Waals surface area contributed by atoms with Gasteiger partial charge in [0.15, 0.2) is 0 Å². The minimum Gasteiger partial charge on any atom is -0.495 e. The molecule has 0 saturated carbocycles. The maximum absolute atomic E-state index is 14.3. The van der Waals surface area contributed by atoms with Gasteiger partial charge in [0.1, 0.15) is 18.3 Å². The van der Waals surface area contributed by atoms with E-state index in [9.17, 15) is 28.1 Å². The molecule has 1 N–H and O–H groups in total. The van der Waals surface area contributed by atoms with E-state index in [1.807, 2.05) is 31.2 Å². The summed E-state index contributed by atoms with van der Waals surface area (Å²) in [6.45, 7) is 8.03. The molecule has 0 aromatic heterocycles. The van der Waals surface area contributed by atoms with Crippen LogP contribution in [-0.4, -0.2) is 55.8 Å². The van der Waals surface area contributed by atoms with Gasteiger partial charge >= 0.3 is 0 Å². The summed E-state index contributed by atoms with van der Waals surface area (Å²) in [6.07, 6.45) is 0.258. The molecule has 1 atom stereocenters. The summed E-state index contributed by atoms with van der Waals surface area (Å²) in [5.74, 6) is -0.956. The first kappa shape index (κ1) is 34.3. The molecule has 0 unspecified atom stereocenters. The van der Waals surface area contributed by atoms with Crippen molar-refractivity contribution in [2.24, 2.45) is 0 Å². The van der Waals surface area contributed by atoms with Gasteiger partial charge in [-0.1, -0.05) is 48.9 Å². The monoisotopic (exact) mass is 644 g/mol. The van der Waals surface area contributed by atoms with Crippen molar-refractivity contribution in [3.63, 3.8) is 0 Å². The second-order valence-corrected chi connectivity index (χ2v) is 12.9. The summed E-state index contributed by atoms with van der Waals surface area (Å²) >= 11 is 6.27. The molecule has 0 saturated heterocycles. The number of nitrogens with zero attached hydrogens (tertiary/aromatic N) is 3. The van der Waals surface area contributed by atoms with Crippen LogP contribution in [0.15, 0.2) is 65.6 Å². The minimum absolute atomic E-state index is 0.0338. The Morgan fingerprint density at radius 1 is 1.05 bits per heavy atom. The average Bonchev–Trinajstić information content (AvgIpc) is 2.96. The Morgan fingerprint density at radius 2 is 1.73 bits per heavy atom. The van der Waals surface area contributed by atoms with Gasteiger partial charge in [-0.25, -0.2) is 8.42 Å². The molecule has 0 aliphatic carbocycles. The van der Waals surface area contributed by atoms with Crippen LogP contribution in [0.1, 0.15) is 43.9 Å². The Balaban J connectivity index is 2.20. The van der Waals surface area contributed by atoms with E-state index >= 15 is 0 Å². The van der Waals surface area contributed by atoms with Crippen LogP contribution in [0.2, 0.25) is 5.02 Å². The molecule has 0 bridgehead atoms. The second-order valence-electron chi connectivity index (χ2n) is 10.6. The number of carbonyl (C=O) groups is 2. The van der Waals surface area contributed by atoms with E-state index in [0.717, 1.165) is 21.5 Å². The molecule has 0 spiro atoms. The Hall–Kier alpha value is -4.16. The van der Waals surface area contributed by atoms with Crippen LogP contribution < -0.4 is 14.4 Å². The largest absolute Gasteiger partial charge is 0.495 e. The number of nitrogens with one attached hydrogen (secondary N) is 1. The van der Waals surface area contributed by atoms with Crippen LogP contribution in [0.3, 0.4) is 0 Å². The topological polar surface area (TPSA) is 139 Å². The van der Waals surface area contributed by atoms with Gasteiger partial charge in [-0.2, -0.15) is 0 Å². The number of ether oxygens (including phenoxy) is 1. The average molecular weight is 645 g/mol. The molecule has 3 rings (SSSR count). The van der Waals surface area contributed by atoms with Gasteiger partial charge in [-0.3, -0.25) is 24.0 Å². The van der Waals surface area contributed by atoms with Crippen molar-refractivity contribution in [2.45, 2.75) is 64.6 Å². The van der Waals surface area contributed by atoms with Crippen LogP contribution in [0.5, 0.6) is 5.75 Å². The summed E-state index contributed by atoms with van der Waals surface area (Å²) in [6, 6.07) is 14.1. The zero-order valence-corrected chi connectivity index (χ0v) is 27.1. The molecule has 3 aromatic carbocycles. The molecule has 13 heteroatoms. The number of nitro benzene ring substituents is 1. The number of sulfonamides is 1. The number of amides is 2. The van der Waals surface area contributed by atoms with Crippen molar-refractivity contribution in [3.8, 4) is 5.75 Å². The van der Waals surface area contributed by atoms with Gasteiger partial charge in [-0.15, -0.1) is 0 Å². The quantitative estimate of drug-likeness (QED) is 0.194. The summed E-state index contributed by atoms with van der Waals surface area (Å²) in [4.78, 5) is 39.5. The fourth-order valence-electron chi connectivity index (χ4n) is 4.72. The highest BCUT2D eigenvalue weighted by Gasteiger charge is 2.36. The van der Waals surface area contributed by atoms with E-state index in [4.69, 9.17) is 16.3 Å². The molecule has 0 radical (unpaired) electrons. The minimum atomic E-state index is -4.62. The lowest BCUT2D eigenvalue weighted by Crippen LogP contribution is -2.53. The Labute approximate surface area is 263 Å². The summed E-state index contributed by atoms with van der Waals surface area (Å²) in [5.41, 5.74) is 1.49. The summed E-state index contributed by atoms with van der Waals surface area (Å²) < 4.78 is 34.7. The predicted molar refractivity (Wildman–Crippen MR) is 169 cm³/mol. The zero-order chi connectivity index (χ0) is 32.8. The van der Waals surface area contributed by atoms with E-state index in [2.05, 4.69) is 5.32 Å². The van der Waals surface area contributed by atoms with Crippen LogP contribution in [-0.2, 0) is 26.2 Å². The van der Waals surface area contributed by atoms with Crippen LogP contribution in [0.25, 0.3) is 0 Å². The lowest BCUT2D eigenvalue weighted by Gasteiger charge is -2.34. The standard InChI is InChI=1S/C31H37ClN4O7S/c1-7-26(31(38)33-20(2)3)34(18-23-11-9-8-10-21(23)4)30(37)19-35(28-16-24(32)13-15-29(28)43-6)44(41,42)25-14-12-22(5)27(17-25)36(39)40/h8-17,20,26H,7,18-19H2,1-6H3,(H,33,38)/t26-/m1/s1. The van der Waals surface area contributed by atoms with Gasteiger partial charge in [0.25, 0.3) is 15.7 Å². The normalized spacial score (nSPS) is 12.0. The van der Waals surface area contributed by atoms with E-state index in [-0.39, 0.29) is 46.9 Å². The summed E-state index contributed by atoms with van der Waals surface area (Å²) in [5, 5.41) is 14.7. The molecular weight excluding hydrogens is 608 g/mol. The van der Waals surface area contributed by atoms with Crippen molar-refractivity contribution in [1.29, 1.82) is 0 Å². The van der Waals surface area contributed by atoms with Gasteiger partial charge in [-0.05, 0) is 69.5 Å². The Morgan fingerprint density at radius 3 is 2.32 bits per heavy atom. The number of rotatable bonds is 13. The second kappa shape index (κ2) is 14.5. The van der Waals surface area contributed by atoms with Crippen molar-refractivity contribution in [1.82, 2.24) is 10.2 Å². The molecule has 0 aliphatic heterocycles. The van der Waals surface area contributed by atoms with E-state index in [0.29, 0.717) is 0 Å². The van der Waals surface area contributed by atoms with Crippen LogP contribution in [0.4, 0.5) is 11.4 Å². The van der Waals surface area contributed by atoms with Crippen molar-refractivity contribution >= 4 is 44.8 Å². The number of aryl methyl sites for hydroxylation is 2.